The van der Waals surface area contributed by atoms with Crippen molar-refractivity contribution in [3.63, 3.8) is 0 Å². The van der Waals surface area contributed by atoms with Gasteiger partial charge in [0.1, 0.15) is 0 Å². The Labute approximate surface area is 147 Å². The van der Waals surface area contributed by atoms with Gasteiger partial charge in [-0.1, -0.05) is 77.6 Å². The summed E-state index contributed by atoms with van der Waals surface area (Å²) in [6, 6.07) is 0. The summed E-state index contributed by atoms with van der Waals surface area (Å²) >= 11 is 0. The quantitative estimate of drug-likeness (QED) is 0.300. The molecule has 0 bridgehead atoms. The molecule has 0 heterocycles. The van der Waals surface area contributed by atoms with E-state index in [4.69, 9.17) is 4.55 Å². The van der Waals surface area contributed by atoms with Crippen molar-refractivity contribution in [2.45, 2.75) is 84.0 Å². The topological polar surface area (TPSA) is 63.6 Å². The molecule has 0 aromatic rings. The molecule has 116 valence electrons. The fraction of sp³-hybridized carbons (Fsp3) is 1.00. The molecular weight excluding hydrogens is 287 g/mol. The van der Waals surface area contributed by atoms with Crippen LogP contribution in [0.4, 0.5) is 0 Å². The number of hydrogen-bond acceptors (Lipinski definition) is 3. The van der Waals surface area contributed by atoms with Crippen molar-refractivity contribution >= 4 is 10.4 Å². The Morgan fingerprint density at radius 1 is 0.750 bits per heavy atom. The molecule has 6 heteroatoms. The third-order valence-corrected chi connectivity index (χ3v) is 3.69. The normalized spacial score (nSPS) is 11.3. The predicted molar refractivity (Wildman–Crippen MR) is 78.6 cm³/mol. The minimum Gasteiger partial charge on any atom is -0.264 e. The van der Waals surface area contributed by atoms with E-state index in [2.05, 4.69) is 11.1 Å². The van der Waals surface area contributed by atoms with Gasteiger partial charge in [-0.05, 0) is 6.42 Å². The summed E-state index contributed by atoms with van der Waals surface area (Å²) in [4.78, 5) is 0. The minimum absolute atomic E-state index is 0. The van der Waals surface area contributed by atoms with Crippen molar-refractivity contribution in [1.29, 1.82) is 0 Å². The van der Waals surface area contributed by atoms with Crippen molar-refractivity contribution in [2.75, 3.05) is 6.61 Å². The molecule has 0 atom stereocenters. The summed E-state index contributed by atoms with van der Waals surface area (Å²) < 4.78 is 33.1. The summed E-state index contributed by atoms with van der Waals surface area (Å²) in [5.41, 5.74) is 0. The predicted octanol–water partition coefficient (Wildman–Crippen LogP) is 1.51. The van der Waals surface area contributed by atoms with Crippen molar-refractivity contribution in [2.24, 2.45) is 0 Å². The van der Waals surface area contributed by atoms with Gasteiger partial charge >= 0.3 is 40.0 Å². The minimum atomic E-state index is -4.24. The fourth-order valence-electron chi connectivity index (χ4n) is 2.11. The Balaban J connectivity index is 0. The molecule has 1 N–H and O–H groups in total. The molecular formula is C14H30NaO4S+. The zero-order valence-corrected chi connectivity index (χ0v) is 16.1. The first-order valence-corrected chi connectivity index (χ1v) is 9.04. The molecule has 0 aliphatic heterocycles. The van der Waals surface area contributed by atoms with Crippen molar-refractivity contribution in [3.05, 3.63) is 0 Å². The molecule has 0 unspecified atom stereocenters. The van der Waals surface area contributed by atoms with E-state index in [9.17, 15) is 8.42 Å². The number of rotatable bonds is 14. The standard InChI is InChI=1S/C14H30O4S.Na/c1-2-3-4-5-6-7-8-9-10-11-12-13-14-18-19(15,16)17;/h2-14H2,1H3,(H,15,16,17);/q;+1. The van der Waals surface area contributed by atoms with Crippen LogP contribution in [-0.4, -0.2) is 19.6 Å². The van der Waals surface area contributed by atoms with Crippen LogP contribution < -0.4 is 29.6 Å². The fourth-order valence-corrected chi connectivity index (χ4v) is 2.44. The zero-order chi connectivity index (χ0) is 14.4. The summed E-state index contributed by atoms with van der Waals surface area (Å²) in [5.74, 6) is 0. The van der Waals surface area contributed by atoms with Gasteiger partial charge in [-0.3, -0.25) is 4.55 Å². The van der Waals surface area contributed by atoms with Gasteiger partial charge in [0, 0.05) is 0 Å². The van der Waals surface area contributed by atoms with Crippen LogP contribution in [0.2, 0.25) is 0 Å². The van der Waals surface area contributed by atoms with E-state index in [1.165, 1.54) is 57.8 Å². The summed E-state index contributed by atoms with van der Waals surface area (Å²) in [6.07, 6.45) is 14.7. The van der Waals surface area contributed by atoms with E-state index in [1.807, 2.05) is 0 Å². The van der Waals surface area contributed by atoms with Gasteiger partial charge in [0.05, 0.1) is 6.61 Å². The SMILES string of the molecule is CCCCCCCCCCCCCCOS(=O)(=O)O.[Na+]. The van der Waals surface area contributed by atoms with Gasteiger partial charge in [0.15, 0.2) is 0 Å². The largest absolute Gasteiger partial charge is 1.00 e. The van der Waals surface area contributed by atoms with Gasteiger partial charge < -0.3 is 0 Å². The molecule has 0 aliphatic carbocycles. The van der Waals surface area contributed by atoms with Crippen molar-refractivity contribution in [3.8, 4) is 0 Å². The van der Waals surface area contributed by atoms with Crippen LogP contribution in [0, 0.1) is 0 Å². The summed E-state index contributed by atoms with van der Waals surface area (Å²) in [6.45, 7) is 2.33. The van der Waals surface area contributed by atoms with Crippen LogP contribution in [0.3, 0.4) is 0 Å². The molecule has 0 rings (SSSR count). The molecule has 0 fully saturated rings. The molecule has 0 amide bonds. The Kier molecular flexibility index (Phi) is 18.8. The molecule has 0 radical (unpaired) electrons. The van der Waals surface area contributed by atoms with E-state index < -0.39 is 10.4 Å². The van der Waals surface area contributed by atoms with Crippen LogP contribution in [0.15, 0.2) is 0 Å². The summed E-state index contributed by atoms with van der Waals surface area (Å²) in [5, 5.41) is 0. The van der Waals surface area contributed by atoms with Crippen molar-refractivity contribution in [1.82, 2.24) is 0 Å². The number of hydrogen-bond donors (Lipinski definition) is 1. The maximum Gasteiger partial charge on any atom is 1.00 e. The average Bonchev–Trinajstić information content (AvgIpc) is 2.34. The van der Waals surface area contributed by atoms with Gasteiger partial charge in [-0.2, -0.15) is 8.42 Å². The molecule has 0 aromatic heterocycles. The molecule has 0 aromatic carbocycles. The van der Waals surface area contributed by atoms with Gasteiger partial charge in [-0.15, -0.1) is 0 Å². The average molecular weight is 317 g/mol. The van der Waals surface area contributed by atoms with E-state index in [0.717, 1.165) is 12.8 Å². The number of unbranched alkanes of at least 4 members (excludes halogenated alkanes) is 11. The van der Waals surface area contributed by atoms with Crippen LogP contribution in [0.25, 0.3) is 0 Å². The first-order valence-electron chi connectivity index (χ1n) is 7.68. The van der Waals surface area contributed by atoms with E-state index >= 15 is 0 Å². The molecule has 0 saturated heterocycles. The Morgan fingerprint density at radius 2 is 1.10 bits per heavy atom. The van der Waals surface area contributed by atoms with Gasteiger partial charge in [-0.25, -0.2) is 4.18 Å². The second-order valence-electron chi connectivity index (χ2n) is 5.14. The van der Waals surface area contributed by atoms with E-state index in [1.54, 1.807) is 0 Å². The smallest absolute Gasteiger partial charge is 0.264 e. The Hall–Kier alpha value is 0.870. The van der Waals surface area contributed by atoms with Gasteiger partial charge in [0.25, 0.3) is 0 Å². The zero-order valence-electron chi connectivity index (χ0n) is 13.3. The molecule has 0 aliphatic rings. The van der Waals surface area contributed by atoms with E-state index in [-0.39, 0.29) is 36.2 Å². The third kappa shape index (κ3) is 21.2. The Bertz CT molecular complexity index is 281. The van der Waals surface area contributed by atoms with Crippen LogP contribution in [0.1, 0.15) is 84.0 Å². The first-order chi connectivity index (χ1) is 9.06. The monoisotopic (exact) mass is 317 g/mol. The second kappa shape index (κ2) is 16.2. The first kappa shape index (κ1) is 23.1. The molecule has 0 spiro atoms. The maximum absolute atomic E-state index is 10.3. The third-order valence-electron chi connectivity index (χ3n) is 3.23. The molecule has 20 heavy (non-hydrogen) atoms. The second-order valence-corrected chi connectivity index (χ2v) is 6.23. The van der Waals surface area contributed by atoms with E-state index in [0.29, 0.717) is 6.42 Å². The van der Waals surface area contributed by atoms with Crippen LogP contribution in [0.5, 0.6) is 0 Å². The molecule has 0 saturated carbocycles. The van der Waals surface area contributed by atoms with Crippen LogP contribution in [-0.2, 0) is 14.6 Å². The maximum atomic E-state index is 10.3. The van der Waals surface area contributed by atoms with Gasteiger partial charge in [0.2, 0.25) is 0 Å². The Morgan fingerprint density at radius 3 is 1.45 bits per heavy atom. The van der Waals surface area contributed by atoms with Crippen molar-refractivity contribution < 1.29 is 46.7 Å². The summed E-state index contributed by atoms with van der Waals surface area (Å²) in [7, 11) is -4.24. The van der Waals surface area contributed by atoms with Crippen LogP contribution >= 0.6 is 0 Å². The molecule has 4 nitrogen and oxygen atoms in total.